The van der Waals surface area contributed by atoms with E-state index in [1.807, 2.05) is 24.3 Å². The highest BCUT2D eigenvalue weighted by molar-refractivity contribution is 5.95. The van der Waals surface area contributed by atoms with Crippen LogP contribution in [0.25, 0.3) is 0 Å². The normalized spacial score (nSPS) is 16.7. The molecule has 0 bridgehead atoms. The molecule has 0 spiro atoms. The maximum absolute atomic E-state index is 13.7. The molecule has 0 aliphatic carbocycles. The minimum Gasteiger partial charge on any atom is -0.492 e. The monoisotopic (exact) mass is 286 g/mol. The maximum Gasteiger partial charge on any atom is 0.231 e. The van der Waals surface area contributed by atoms with E-state index < -0.39 is 5.82 Å². The molecule has 2 aromatic rings. The van der Waals surface area contributed by atoms with Crippen molar-refractivity contribution in [1.82, 2.24) is 0 Å². The van der Waals surface area contributed by atoms with Crippen LogP contribution in [0.15, 0.2) is 42.5 Å². The Kier molecular flexibility index (Phi) is 3.48. The van der Waals surface area contributed by atoms with E-state index in [0.717, 1.165) is 11.3 Å². The molecular formula is C16H15FN2O2. The Hall–Kier alpha value is -2.56. The molecule has 0 aromatic heterocycles. The molecular weight excluding hydrogens is 271 g/mol. The van der Waals surface area contributed by atoms with Crippen LogP contribution in [-0.4, -0.2) is 12.5 Å². The summed E-state index contributed by atoms with van der Waals surface area (Å²) in [5.41, 5.74) is 6.90. The number of hydrogen-bond acceptors (Lipinski definition) is 3. The zero-order valence-electron chi connectivity index (χ0n) is 11.3. The Bertz CT molecular complexity index is 667. The average Bonchev–Trinajstić information content (AvgIpc) is 2.50. The largest absolute Gasteiger partial charge is 0.492 e. The molecule has 0 radical (unpaired) electrons. The summed E-state index contributed by atoms with van der Waals surface area (Å²) in [5.74, 6) is -0.396. The molecule has 1 unspecified atom stereocenters. The van der Waals surface area contributed by atoms with E-state index in [9.17, 15) is 9.18 Å². The molecule has 5 heteroatoms. The summed E-state index contributed by atoms with van der Waals surface area (Å²) in [7, 11) is 0. The first-order chi connectivity index (χ1) is 10.1. The topological polar surface area (TPSA) is 64.3 Å². The van der Waals surface area contributed by atoms with Crippen LogP contribution in [0.3, 0.4) is 0 Å². The number of carbonyl (C=O) groups is 1. The van der Waals surface area contributed by atoms with Crippen LogP contribution in [0.1, 0.15) is 5.56 Å². The van der Waals surface area contributed by atoms with Gasteiger partial charge in [0.1, 0.15) is 23.9 Å². The molecule has 1 atom stereocenters. The number of amides is 1. The van der Waals surface area contributed by atoms with Gasteiger partial charge in [0.05, 0.1) is 11.6 Å². The van der Waals surface area contributed by atoms with Crippen molar-refractivity contribution in [2.24, 2.45) is 5.92 Å². The lowest BCUT2D eigenvalue weighted by atomic mass is 9.96. The molecule has 1 amide bonds. The molecule has 0 saturated heterocycles. The molecule has 3 N–H and O–H groups in total. The molecule has 1 heterocycles. The van der Waals surface area contributed by atoms with Crippen LogP contribution in [0.2, 0.25) is 0 Å². The highest BCUT2D eigenvalue weighted by Gasteiger charge is 2.26. The highest BCUT2D eigenvalue weighted by atomic mass is 19.1. The third kappa shape index (κ3) is 2.67. The summed E-state index contributed by atoms with van der Waals surface area (Å²) < 4.78 is 19.3. The number of nitrogens with one attached hydrogen (secondary N) is 1. The lowest BCUT2D eigenvalue weighted by molar-refractivity contribution is -0.121. The van der Waals surface area contributed by atoms with Gasteiger partial charge in [-0.05, 0) is 30.2 Å². The minimum atomic E-state index is -0.541. The predicted octanol–water partition coefficient (Wildman–Crippen LogP) is 2.60. The first-order valence-corrected chi connectivity index (χ1v) is 6.70. The van der Waals surface area contributed by atoms with Crippen molar-refractivity contribution in [1.29, 1.82) is 0 Å². The fourth-order valence-corrected chi connectivity index (χ4v) is 2.39. The minimum absolute atomic E-state index is 0.0290. The quantitative estimate of drug-likeness (QED) is 0.834. The smallest absolute Gasteiger partial charge is 0.231 e. The number of halogens is 1. The van der Waals surface area contributed by atoms with Gasteiger partial charge in [-0.1, -0.05) is 24.3 Å². The summed E-state index contributed by atoms with van der Waals surface area (Å²) in [6.07, 6.45) is 0.566. The Labute approximate surface area is 121 Å². The molecule has 0 fully saturated rings. The van der Waals surface area contributed by atoms with E-state index in [2.05, 4.69) is 5.32 Å². The molecule has 0 saturated carbocycles. The Morgan fingerprint density at radius 3 is 2.86 bits per heavy atom. The summed E-state index contributed by atoms with van der Waals surface area (Å²) in [4.78, 5) is 12.3. The number of rotatable bonds is 2. The molecule has 21 heavy (non-hydrogen) atoms. The van der Waals surface area contributed by atoms with E-state index in [4.69, 9.17) is 10.5 Å². The zero-order valence-corrected chi connectivity index (χ0v) is 11.3. The van der Waals surface area contributed by atoms with Gasteiger partial charge in [0, 0.05) is 0 Å². The number of anilines is 2. The van der Waals surface area contributed by atoms with Crippen LogP contribution in [0, 0.1) is 11.7 Å². The standard InChI is InChI=1S/C16H15FN2O2/c17-12-5-3-6-13(18)15(12)19-16(20)11-8-10-4-1-2-7-14(10)21-9-11/h1-7,11H,8-9,18H2,(H,19,20). The average molecular weight is 286 g/mol. The molecule has 1 aliphatic heterocycles. The summed E-state index contributed by atoms with van der Waals surface area (Å²) >= 11 is 0. The van der Waals surface area contributed by atoms with Gasteiger partial charge in [-0.3, -0.25) is 4.79 Å². The number of carbonyl (C=O) groups excluding carboxylic acids is 1. The van der Waals surface area contributed by atoms with Crippen LogP contribution < -0.4 is 15.8 Å². The van der Waals surface area contributed by atoms with Gasteiger partial charge in [-0.2, -0.15) is 0 Å². The number of nitrogen functional groups attached to an aromatic ring is 1. The number of hydrogen-bond donors (Lipinski definition) is 2. The van der Waals surface area contributed by atoms with Crippen molar-refractivity contribution in [3.63, 3.8) is 0 Å². The second-order valence-electron chi connectivity index (χ2n) is 5.01. The maximum atomic E-state index is 13.7. The van der Waals surface area contributed by atoms with Gasteiger partial charge in [0.15, 0.2) is 0 Å². The first-order valence-electron chi connectivity index (χ1n) is 6.70. The van der Waals surface area contributed by atoms with Gasteiger partial charge in [-0.25, -0.2) is 4.39 Å². The number of nitrogens with two attached hydrogens (primary N) is 1. The zero-order chi connectivity index (χ0) is 14.8. The van der Waals surface area contributed by atoms with Gasteiger partial charge in [0.25, 0.3) is 0 Å². The predicted molar refractivity (Wildman–Crippen MR) is 78.6 cm³/mol. The Balaban J connectivity index is 1.76. The lowest BCUT2D eigenvalue weighted by Gasteiger charge is -2.24. The lowest BCUT2D eigenvalue weighted by Crippen LogP contribution is -2.33. The summed E-state index contributed by atoms with van der Waals surface area (Å²) in [6.45, 7) is 0.275. The number of para-hydroxylation sites is 2. The number of ether oxygens (including phenoxy) is 1. The highest BCUT2D eigenvalue weighted by Crippen LogP contribution is 2.28. The van der Waals surface area contributed by atoms with Crippen LogP contribution in [0.5, 0.6) is 5.75 Å². The Morgan fingerprint density at radius 2 is 2.05 bits per heavy atom. The van der Waals surface area contributed by atoms with Gasteiger partial charge in [-0.15, -0.1) is 0 Å². The van der Waals surface area contributed by atoms with Crippen molar-refractivity contribution >= 4 is 17.3 Å². The van der Waals surface area contributed by atoms with Gasteiger partial charge >= 0.3 is 0 Å². The van der Waals surface area contributed by atoms with E-state index in [1.165, 1.54) is 12.1 Å². The number of benzene rings is 2. The summed E-state index contributed by atoms with van der Waals surface area (Å²) in [5, 5.41) is 2.56. The van der Waals surface area contributed by atoms with E-state index in [0.29, 0.717) is 6.42 Å². The van der Waals surface area contributed by atoms with Crippen molar-refractivity contribution in [2.45, 2.75) is 6.42 Å². The Morgan fingerprint density at radius 1 is 1.24 bits per heavy atom. The molecule has 4 nitrogen and oxygen atoms in total. The van der Waals surface area contributed by atoms with Crippen molar-refractivity contribution in [3.05, 3.63) is 53.8 Å². The van der Waals surface area contributed by atoms with E-state index in [1.54, 1.807) is 6.07 Å². The third-order valence-electron chi connectivity index (χ3n) is 3.54. The SMILES string of the molecule is Nc1cccc(F)c1NC(=O)C1COc2ccccc2C1. The molecule has 3 rings (SSSR count). The fraction of sp³-hybridized carbons (Fsp3) is 0.188. The van der Waals surface area contributed by atoms with Crippen molar-refractivity contribution in [3.8, 4) is 5.75 Å². The second kappa shape index (κ2) is 5.44. The molecule has 2 aromatic carbocycles. The van der Waals surface area contributed by atoms with Gasteiger partial charge in [0.2, 0.25) is 5.91 Å². The van der Waals surface area contributed by atoms with Crippen molar-refractivity contribution in [2.75, 3.05) is 17.7 Å². The van der Waals surface area contributed by atoms with Crippen molar-refractivity contribution < 1.29 is 13.9 Å². The fourth-order valence-electron chi connectivity index (χ4n) is 2.39. The first kappa shape index (κ1) is 13.4. The van der Waals surface area contributed by atoms with E-state index >= 15 is 0 Å². The van der Waals surface area contributed by atoms with Crippen LogP contribution in [0.4, 0.5) is 15.8 Å². The van der Waals surface area contributed by atoms with Crippen LogP contribution in [-0.2, 0) is 11.2 Å². The molecule has 108 valence electrons. The number of fused-ring (bicyclic) bond motifs is 1. The van der Waals surface area contributed by atoms with Gasteiger partial charge < -0.3 is 15.8 Å². The van der Waals surface area contributed by atoms with E-state index in [-0.39, 0.29) is 29.8 Å². The molecule has 1 aliphatic rings. The third-order valence-corrected chi connectivity index (χ3v) is 3.54. The van der Waals surface area contributed by atoms with Crippen LogP contribution >= 0.6 is 0 Å². The summed E-state index contributed by atoms with van der Waals surface area (Å²) in [6, 6.07) is 11.9. The second-order valence-corrected chi connectivity index (χ2v) is 5.01.